The predicted molar refractivity (Wildman–Crippen MR) is 120 cm³/mol. The third-order valence-corrected chi connectivity index (χ3v) is 7.11. The van der Waals surface area contributed by atoms with Gasteiger partial charge in [-0.2, -0.15) is 5.10 Å². The smallest absolute Gasteiger partial charge is 0.247 e. The molecule has 3 N–H and O–H groups in total. The molecule has 0 saturated carbocycles. The lowest BCUT2D eigenvalue weighted by atomic mass is 10.0. The second kappa shape index (κ2) is 7.75. The Balaban J connectivity index is 1.85. The molecule has 4 aromatic rings. The van der Waals surface area contributed by atoms with Gasteiger partial charge in [0.15, 0.2) is 5.65 Å². The van der Waals surface area contributed by atoms with Crippen LogP contribution in [0, 0.1) is 11.8 Å². The van der Waals surface area contributed by atoms with Crippen LogP contribution in [0.4, 0.5) is 0 Å². The number of fused-ring (bicyclic) bond motifs is 1. The second-order valence-electron chi connectivity index (χ2n) is 7.30. The zero-order valence-corrected chi connectivity index (χ0v) is 18.9. The van der Waals surface area contributed by atoms with Gasteiger partial charge in [0.05, 0.1) is 28.0 Å². The van der Waals surface area contributed by atoms with E-state index in [1.165, 1.54) is 6.07 Å². The number of nitrogens with two attached hydrogens (primary N) is 1. The molecule has 4 rings (SSSR count). The first-order valence-electron chi connectivity index (χ1n) is 9.04. The number of thiophene rings is 1. The molecule has 0 atom stereocenters. The highest BCUT2D eigenvalue weighted by Crippen LogP contribution is 2.28. The molecule has 0 spiro atoms. The van der Waals surface area contributed by atoms with Gasteiger partial charge in [0.1, 0.15) is 9.81 Å². The first-order valence-corrected chi connectivity index (χ1v) is 11.8. The summed E-state index contributed by atoms with van der Waals surface area (Å²) in [5.41, 5.74) is 1.83. The Labute approximate surface area is 188 Å². The summed E-state index contributed by atoms with van der Waals surface area (Å²) in [5.74, 6) is 5.92. The molecule has 0 bridgehead atoms. The van der Waals surface area contributed by atoms with Crippen LogP contribution in [0.5, 0.6) is 0 Å². The highest BCUT2D eigenvalue weighted by Gasteiger charge is 2.23. The molecule has 7 nitrogen and oxygen atoms in total. The van der Waals surface area contributed by atoms with E-state index in [1.807, 2.05) is 12.1 Å². The molecule has 31 heavy (non-hydrogen) atoms. The Kier molecular flexibility index (Phi) is 5.37. The van der Waals surface area contributed by atoms with Crippen molar-refractivity contribution in [2.24, 2.45) is 5.14 Å². The van der Waals surface area contributed by atoms with Crippen LogP contribution in [0.1, 0.15) is 30.0 Å². The maximum absolute atomic E-state index is 11.5. The summed E-state index contributed by atoms with van der Waals surface area (Å²) in [6.07, 6.45) is 1.56. The summed E-state index contributed by atoms with van der Waals surface area (Å²) in [6, 6.07) is 12.0. The molecule has 0 unspecified atom stereocenters. The maximum atomic E-state index is 11.5. The maximum Gasteiger partial charge on any atom is 0.247 e. The van der Waals surface area contributed by atoms with Crippen molar-refractivity contribution in [2.75, 3.05) is 0 Å². The summed E-state index contributed by atoms with van der Waals surface area (Å²) in [7, 11) is -3.77. The van der Waals surface area contributed by atoms with Crippen molar-refractivity contribution in [3.8, 4) is 23.1 Å². The fraction of sp³-hybridized carbons (Fsp3) is 0.143. The fourth-order valence-corrected chi connectivity index (χ4v) is 4.63. The number of sulfonamides is 1. The van der Waals surface area contributed by atoms with Crippen molar-refractivity contribution in [1.29, 1.82) is 0 Å². The number of benzene rings is 1. The number of primary sulfonamides is 1. The molecule has 158 valence electrons. The van der Waals surface area contributed by atoms with Crippen molar-refractivity contribution < 1.29 is 13.5 Å². The highest BCUT2D eigenvalue weighted by atomic mass is 35.5. The van der Waals surface area contributed by atoms with Crippen molar-refractivity contribution in [3.63, 3.8) is 0 Å². The zero-order valence-electron chi connectivity index (χ0n) is 16.5. The number of hydrogen-bond donors (Lipinski definition) is 2. The largest absolute Gasteiger partial charge is 0.384 e. The minimum absolute atomic E-state index is 0.0455. The lowest BCUT2D eigenvalue weighted by Gasteiger charge is -2.19. The lowest BCUT2D eigenvalue weighted by molar-refractivity contribution is 0.0714. The van der Waals surface area contributed by atoms with Crippen molar-refractivity contribution >= 4 is 38.6 Å². The number of aromatic nitrogens is 3. The van der Waals surface area contributed by atoms with E-state index in [1.54, 1.807) is 48.8 Å². The summed E-state index contributed by atoms with van der Waals surface area (Å²) >= 11 is 6.99. The third-order valence-electron chi connectivity index (χ3n) is 4.42. The molecular formula is C21H17ClN4O3S2. The van der Waals surface area contributed by atoms with E-state index in [2.05, 4.69) is 16.9 Å². The first-order chi connectivity index (χ1) is 14.5. The van der Waals surface area contributed by atoms with Gasteiger partial charge in [-0.3, -0.25) is 0 Å². The van der Waals surface area contributed by atoms with Crippen LogP contribution in [0.15, 0.2) is 52.9 Å². The quantitative estimate of drug-likeness (QED) is 0.444. The molecule has 0 amide bonds. The van der Waals surface area contributed by atoms with E-state index in [0.29, 0.717) is 32.5 Å². The molecule has 3 aromatic heterocycles. The van der Waals surface area contributed by atoms with Crippen LogP contribution in [0.25, 0.3) is 16.9 Å². The standard InChI is InChI=1S/C21H17ClN4O3S2/c1-21(2,27)18-11-17(13-3-6-15(22)7-4-13)25-20-14(12-24-26(18)20)5-8-16-9-10-19(30-16)31(23,28)29/h3-4,6-7,9-12,27H,1-2H3,(H2,23,28,29). The molecular weight excluding hydrogens is 456 g/mol. The molecule has 0 aliphatic rings. The average molecular weight is 473 g/mol. The van der Waals surface area contributed by atoms with Crippen LogP contribution in [-0.2, 0) is 15.6 Å². The molecule has 0 fully saturated rings. The SMILES string of the molecule is CC(C)(O)c1cc(-c2ccc(Cl)cc2)nc2c(C#Cc3ccc(S(N)(=O)=O)s3)cnn12. The van der Waals surface area contributed by atoms with Gasteiger partial charge in [-0.25, -0.2) is 23.1 Å². The van der Waals surface area contributed by atoms with E-state index in [0.717, 1.165) is 16.9 Å². The molecule has 10 heteroatoms. The summed E-state index contributed by atoms with van der Waals surface area (Å²) in [4.78, 5) is 5.24. The Morgan fingerprint density at radius 2 is 1.87 bits per heavy atom. The first kappa shape index (κ1) is 21.5. The van der Waals surface area contributed by atoms with E-state index < -0.39 is 15.6 Å². The zero-order chi connectivity index (χ0) is 22.4. The average Bonchev–Trinajstić information content (AvgIpc) is 3.32. The van der Waals surface area contributed by atoms with Gasteiger partial charge in [0, 0.05) is 10.6 Å². The number of hydrogen-bond acceptors (Lipinski definition) is 6. The summed E-state index contributed by atoms with van der Waals surface area (Å²) in [5, 5.41) is 20.8. The van der Waals surface area contributed by atoms with Gasteiger partial charge in [-0.1, -0.05) is 35.6 Å². The number of nitrogens with zero attached hydrogens (tertiary/aromatic N) is 3. The van der Waals surface area contributed by atoms with Crippen molar-refractivity contribution in [2.45, 2.75) is 23.7 Å². The van der Waals surface area contributed by atoms with E-state index in [4.69, 9.17) is 21.7 Å². The fourth-order valence-electron chi connectivity index (χ4n) is 2.92. The van der Waals surface area contributed by atoms with Crippen LogP contribution >= 0.6 is 22.9 Å². The minimum atomic E-state index is -3.77. The Morgan fingerprint density at radius 1 is 1.16 bits per heavy atom. The molecule has 0 saturated heterocycles. The Hall–Kier alpha value is -2.74. The second-order valence-corrected chi connectivity index (χ2v) is 10.6. The molecule has 0 radical (unpaired) electrons. The van der Waals surface area contributed by atoms with Crippen LogP contribution in [0.3, 0.4) is 0 Å². The number of aliphatic hydroxyl groups is 1. The Morgan fingerprint density at radius 3 is 2.48 bits per heavy atom. The van der Waals surface area contributed by atoms with Gasteiger partial charge in [-0.05, 0) is 44.2 Å². The van der Waals surface area contributed by atoms with Crippen molar-refractivity contribution in [3.05, 3.63) is 69.8 Å². The highest BCUT2D eigenvalue weighted by molar-refractivity contribution is 7.91. The topological polar surface area (TPSA) is 111 Å². The Bertz CT molecular complexity index is 1450. The van der Waals surface area contributed by atoms with Crippen LogP contribution < -0.4 is 5.14 Å². The van der Waals surface area contributed by atoms with E-state index in [9.17, 15) is 13.5 Å². The molecule has 3 heterocycles. The van der Waals surface area contributed by atoms with Gasteiger partial charge >= 0.3 is 0 Å². The summed E-state index contributed by atoms with van der Waals surface area (Å²) in [6.45, 7) is 3.34. The van der Waals surface area contributed by atoms with Gasteiger partial charge in [-0.15, -0.1) is 11.3 Å². The normalized spacial score (nSPS) is 12.0. The molecule has 1 aromatic carbocycles. The van der Waals surface area contributed by atoms with Crippen LogP contribution in [-0.4, -0.2) is 28.1 Å². The summed E-state index contributed by atoms with van der Waals surface area (Å²) < 4.78 is 24.5. The van der Waals surface area contributed by atoms with Gasteiger partial charge < -0.3 is 5.11 Å². The minimum Gasteiger partial charge on any atom is -0.384 e. The van der Waals surface area contributed by atoms with Gasteiger partial charge in [0.2, 0.25) is 10.0 Å². The predicted octanol–water partition coefficient (Wildman–Crippen LogP) is 3.39. The van der Waals surface area contributed by atoms with E-state index >= 15 is 0 Å². The van der Waals surface area contributed by atoms with Crippen molar-refractivity contribution in [1.82, 2.24) is 14.6 Å². The lowest BCUT2D eigenvalue weighted by Crippen LogP contribution is -2.21. The number of halogens is 1. The number of rotatable bonds is 3. The van der Waals surface area contributed by atoms with E-state index in [-0.39, 0.29) is 4.21 Å². The van der Waals surface area contributed by atoms with Gasteiger partial charge in [0.25, 0.3) is 0 Å². The third kappa shape index (κ3) is 4.49. The molecule has 0 aliphatic heterocycles. The monoisotopic (exact) mass is 472 g/mol. The van der Waals surface area contributed by atoms with Crippen LogP contribution in [0.2, 0.25) is 5.02 Å². The molecule has 0 aliphatic carbocycles.